The van der Waals surface area contributed by atoms with E-state index >= 15 is 0 Å². The van der Waals surface area contributed by atoms with Gasteiger partial charge >= 0.3 is 12.0 Å². The number of para-hydroxylation sites is 1. The van der Waals surface area contributed by atoms with Gasteiger partial charge in [-0.15, -0.1) is 0 Å². The van der Waals surface area contributed by atoms with Gasteiger partial charge in [0.15, 0.2) is 0 Å². The molecule has 0 aliphatic carbocycles. The Bertz CT molecular complexity index is 1230. The van der Waals surface area contributed by atoms with E-state index in [1.165, 1.54) is 19.2 Å². The first-order valence-corrected chi connectivity index (χ1v) is 11.8. The number of hydrogen-bond donors (Lipinski definition) is 4. The SMILES string of the molecule is COc1cc(CC(=O)N[C@@H](C)COc2ccc(C(=O)O)cc2)ccc1NC(=O)Nc1ccccc1Br. The molecule has 0 unspecified atom stereocenters. The molecule has 3 rings (SSSR count). The second-order valence-electron chi connectivity index (χ2n) is 7.88. The fourth-order valence-electron chi connectivity index (χ4n) is 3.26. The van der Waals surface area contributed by atoms with Gasteiger partial charge < -0.3 is 30.5 Å². The van der Waals surface area contributed by atoms with Crippen LogP contribution in [0.1, 0.15) is 22.8 Å². The van der Waals surface area contributed by atoms with Crippen LogP contribution in [0.5, 0.6) is 11.5 Å². The van der Waals surface area contributed by atoms with E-state index in [2.05, 4.69) is 31.9 Å². The molecule has 0 spiro atoms. The van der Waals surface area contributed by atoms with E-state index in [4.69, 9.17) is 14.6 Å². The highest BCUT2D eigenvalue weighted by Gasteiger charge is 2.13. The minimum Gasteiger partial charge on any atom is -0.495 e. The van der Waals surface area contributed by atoms with Crippen LogP contribution in [-0.2, 0) is 11.2 Å². The third-order valence-electron chi connectivity index (χ3n) is 5.01. The second kappa shape index (κ2) is 12.6. The predicted octanol–water partition coefficient (Wildman–Crippen LogP) is 4.93. The lowest BCUT2D eigenvalue weighted by atomic mass is 10.1. The van der Waals surface area contributed by atoms with Crippen molar-refractivity contribution in [2.24, 2.45) is 0 Å². The number of urea groups is 1. The summed E-state index contributed by atoms with van der Waals surface area (Å²) in [7, 11) is 1.48. The minimum absolute atomic E-state index is 0.109. The van der Waals surface area contributed by atoms with Crippen LogP contribution in [0.3, 0.4) is 0 Å². The van der Waals surface area contributed by atoms with Gasteiger partial charge in [0.1, 0.15) is 18.1 Å². The summed E-state index contributed by atoms with van der Waals surface area (Å²) < 4.78 is 11.8. The summed E-state index contributed by atoms with van der Waals surface area (Å²) >= 11 is 3.38. The molecule has 188 valence electrons. The maximum atomic E-state index is 12.5. The smallest absolute Gasteiger partial charge is 0.335 e. The van der Waals surface area contributed by atoms with Crippen LogP contribution >= 0.6 is 15.9 Å². The van der Waals surface area contributed by atoms with Crippen LogP contribution in [0.25, 0.3) is 0 Å². The fraction of sp³-hybridized carbons (Fsp3) is 0.192. The molecule has 3 aromatic rings. The van der Waals surface area contributed by atoms with E-state index in [1.54, 1.807) is 43.3 Å². The molecule has 0 bridgehead atoms. The average molecular weight is 556 g/mol. The van der Waals surface area contributed by atoms with Crippen molar-refractivity contribution in [1.82, 2.24) is 5.32 Å². The maximum absolute atomic E-state index is 12.5. The molecule has 36 heavy (non-hydrogen) atoms. The van der Waals surface area contributed by atoms with Gasteiger partial charge in [-0.3, -0.25) is 4.79 Å². The monoisotopic (exact) mass is 555 g/mol. The molecule has 9 nitrogen and oxygen atoms in total. The zero-order chi connectivity index (χ0) is 26.1. The molecule has 3 aromatic carbocycles. The number of anilines is 2. The summed E-state index contributed by atoms with van der Waals surface area (Å²) in [6, 6.07) is 17.7. The van der Waals surface area contributed by atoms with Crippen molar-refractivity contribution < 1.29 is 29.0 Å². The van der Waals surface area contributed by atoms with E-state index < -0.39 is 12.0 Å². The molecule has 0 aliphatic heterocycles. The lowest BCUT2D eigenvalue weighted by Crippen LogP contribution is -2.37. The van der Waals surface area contributed by atoms with Crippen molar-refractivity contribution in [3.05, 3.63) is 82.3 Å². The number of nitrogens with one attached hydrogen (secondary N) is 3. The number of halogens is 1. The van der Waals surface area contributed by atoms with Gasteiger partial charge in [0.05, 0.1) is 36.5 Å². The van der Waals surface area contributed by atoms with E-state index in [-0.39, 0.29) is 30.5 Å². The molecule has 0 heterocycles. The fourth-order valence-corrected chi connectivity index (χ4v) is 3.64. The molecule has 0 fully saturated rings. The van der Waals surface area contributed by atoms with Crippen molar-refractivity contribution in [3.63, 3.8) is 0 Å². The number of benzene rings is 3. The number of amides is 3. The van der Waals surface area contributed by atoms with Crippen LogP contribution in [0, 0.1) is 0 Å². The molecule has 0 aliphatic rings. The molecule has 1 atom stereocenters. The lowest BCUT2D eigenvalue weighted by molar-refractivity contribution is -0.121. The second-order valence-corrected chi connectivity index (χ2v) is 8.73. The van der Waals surface area contributed by atoms with Gasteiger partial charge in [0.2, 0.25) is 5.91 Å². The largest absolute Gasteiger partial charge is 0.495 e. The van der Waals surface area contributed by atoms with Gasteiger partial charge in [-0.1, -0.05) is 18.2 Å². The minimum atomic E-state index is -1.01. The predicted molar refractivity (Wildman–Crippen MR) is 140 cm³/mol. The highest BCUT2D eigenvalue weighted by molar-refractivity contribution is 9.10. The Morgan fingerprint density at radius 3 is 2.33 bits per heavy atom. The van der Waals surface area contributed by atoms with E-state index in [0.717, 1.165) is 4.47 Å². The van der Waals surface area contributed by atoms with Crippen molar-refractivity contribution in [3.8, 4) is 11.5 Å². The van der Waals surface area contributed by atoms with Crippen molar-refractivity contribution in [1.29, 1.82) is 0 Å². The van der Waals surface area contributed by atoms with E-state index in [0.29, 0.717) is 28.4 Å². The Labute approximate surface area is 216 Å². The highest BCUT2D eigenvalue weighted by Crippen LogP contribution is 2.27. The van der Waals surface area contributed by atoms with Crippen LogP contribution in [0.15, 0.2) is 71.2 Å². The van der Waals surface area contributed by atoms with Gasteiger partial charge in [0.25, 0.3) is 0 Å². The number of rotatable bonds is 10. The van der Waals surface area contributed by atoms with Crippen molar-refractivity contribution in [2.45, 2.75) is 19.4 Å². The Morgan fingerprint density at radius 2 is 1.67 bits per heavy atom. The van der Waals surface area contributed by atoms with Crippen LogP contribution in [0.2, 0.25) is 0 Å². The lowest BCUT2D eigenvalue weighted by Gasteiger charge is -2.16. The number of carbonyl (C=O) groups is 3. The third kappa shape index (κ3) is 7.74. The van der Waals surface area contributed by atoms with Crippen molar-refractivity contribution >= 4 is 45.2 Å². The average Bonchev–Trinajstić information content (AvgIpc) is 2.85. The first-order valence-electron chi connectivity index (χ1n) is 11.0. The van der Waals surface area contributed by atoms with Gasteiger partial charge in [-0.25, -0.2) is 9.59 Å². The van der Waals surface area contributed by atoms with Gasteiger partial charge in [-0.2, -0.15) is 0 Å². The third-order valence-corrected chi connectivity index (χ3v) is 5.70. The summed E-state index contributed by atoms with van der Waals surface area (Å²) in [5.41, 5.74) is 1.96. The Morgan fingerprint density at radius 1 is 0.972 bits per heavy atom. The summed E-state index contributed by atoms with van der Waals surface area (Å²) in [5.74, 6) is -0.283. The Kier molecular flexibility index (Phi) is 9.29. The van der Waals surface area contributed by atoms with Crippen LogP contribution < -0.4 is 25.4 Å². The Balaban J connectivity index is 1.51. The van der Waals surface area contributed by atoms with E-state index in [1.807, 2.05) is 18.2 Å². The molecule has 4 N–H and O–H groups in total. The normalized spacial score (nSPS) is 11.2. The topological polar surface area (TPSA) is 126 Å². The summed E-state index contributed by atoms with van der Waals surface area (Å²) in [4.78, 5) is 35.8. The molecule has 0 aromatic heterocycles. The number of ether oxygens (including phenoxy) is 2. The molecular weight excluding hydrogens is 530 g/mol. The van der Waals surface area contributed by atoms with Crippen LogP contribution in [0.4, 0.5) is 16.2 Å². The first-order chi connectivity index (χ1) is 17.2. The number of carboxylic acids is 1. The molecule has 0 saturated carbocycles. The number of carboxylic acid groups (broad SMARTS) is 1. The number of methoxy groups -OCH3 is 1. The molecule has 3 amide bonds. The Hall–Kier alpha value is -4.05. The standard InChI is InChI=1S/C26H26BrN3O6/c1-16(15-36-19-10-8-18(9-11-19)25(32)33)28-24(31)14-17-7-12-22(23(13-17)35-2)30-26(34)29-21-6-4-3-5-20(21)27/h3-13,16H,14-15H2,1-2H3,(H,28,31)(H,32,33)(H2,29,30,34)/t16-/m0/s1. The zero-order valence-electron chi connectivity index (χ0n) is 19.7. The first kappa shape index (κ1) is 26.6. The van der Waals surface area contributed by atoms with Gasteiger partial charge in [0, 0.05) is 4.47 Å². The molecule has 0 radical (unpaired) electrons. The molecule has 0 saturated heterocycles. The number of hydrogen-bond acceptors (Lipinski definition) is 5. The quantitative estimate of drug-likeness (QED) is 0.281. The van der Waals surface area contributed by atoms with Gasteiger partial charge in [-0.05, 0) is 76.9 Å². The van der Waals surface area contributed by atoms with E-state index in [9.17, 15) is 14.4 Å². The maximum Gasteiger partial charge on any atom is 0.335 e. The van der Waals surface area contributed by atoms with Crippen molar-refractivity contribution in [2.75, 3.05) is 24.4 Å². The van der Waals surface area contributed by atoms with Crippen LogP contribution in [-0.4, -0.2) is 42.8 Å². The highest BCUT2D eigenvalue weighted by atomic mass is 79.9. The summed E-state index contributed by atoms with van der Waals surface area (Å²) in [6.45, 7) is 2.03. The molecular formula is C26H26BrN3O6. The summed E-state index contributed by atoms with van der Waals surface area (Å²) in [6.07, 6.45) is 0.109. The summed E-state index contributed by atoms with van der Waals surface area (Å²) in [5, 5.41) is 17.3. The number of carbonyl (C=O) groups excluding carboxylic acids is 2. The zero-order valence-corrected chi connectivity index (χ0v) is 21.3. The molecule has 10 heteroatoms. The number of aromatic carboxylic acids is 1.